The number of pyridine rings is 1. The molecule has 0 amide bonds. The molecule has 0 spiro atoms. The number of fused-ring (bicyclic) bond motifs is 1. The summed E-state index contributed by atoms with van der Waals surface area (Å²) in [5, 5.41) is 0. The number of imidazole rings is 1. The minimum absolute atomic E-state index is 0.338. The second-order valence-corrected chi connectivity index (χ2v) is 5.10. The van der Waals surface area contributed by atoms with Gasteiger partial charge in [0.25, 0.3) is 0 Å². The molecule has 0 unspecified atom stereocenters. The van der Waals surface area contributed by atoms with E-state index < -0.39 is 5.60 Å². The lowest BCUT2D eigenvalue weighted by Crippen LogP contribution is -2.24. The van der Waals surface area contributed by atoms with Gasteiger partial charge in [0.1, 0.15) is 11.2 Å². The first-order valence-electron chi connectivity index (χ1n) is 5.54. The van der Waals surface area contributed by atoms with E-state index >= 15 is 0 Å². The molecule has 0 atom stereocenters. The number of carbonyl (C=O) groups is 1. The van der Waals surface area contributed by atoms with E-state index in [1.807, 2.05) is 50.4 Å². The number of esters is 1. The summed E-state index contributed by atoms with van der Waals surface area (Å²) >= 11 is 0. The number of nitrogens with zero attached hydrogens (tertiary/aromatic N) is 2. The van der Waals surface area contributed by atoms with Gasteiger partial charge < -0.3 is 9.14 Å². The van der Waals surface area contributed by atoms with Gasteiger partial charge in [-0.05, 0) is 39.3 Å². The Morgan fingerprint density at radius 2 is 2.00 bits per heavy atom. The van der Waals surface area contributed by atoms with Crippen molar-refractivity contribution in [3.05, 3.63) is 35.8 Å². The Balaban J connectivity index is 2.33. The predicted molar refractivity (Wildman–Crippen MR) is 65.1 cm³/mol. The van der Waals surface area contributed by atoms with Crippen molar-refractivity contribution < 1.29 is 9.53 Å². The van der Waals surface area contributed by atoms with Crippen LogP contribution < -0.4 is 0 Å². The van der Waals surface area contributed by atoms with Crippen LogP contribution in [0.3, 0.4) is 0 Å². The van der Waals surface area contributed by atoms with Crippen molar-refractivity contribution in [3.63, 3.8) is 0 Å². The number of hydrogen-bond donors (Lipinski definition) is 0. The van der Waals surface area contributed by atoms with Crippen LogP contribution in [0.15, 0.2) is 24.5 Å². The summed E-state index contributed by atoms with van der Waals surface area (Å²) in [5.41, 5.74) is 1.70. The van der Waals surface area contributed by atoms with Crippen LogP contribution in [-0.2, 0) is 4.74 Å². The molecular weight excluding hydrogens is 216 g/mol. The quantitative estimate of drug-likeness (QED) is 0.710. The maximum Gasteiger partial charge on any atom is 0.359 e. The monoisotopic (exact) mass is 232 g/mol. The Morgan fingerprint density at radius 1 is 1.29 bits per heavy atom. The molecule has 0 saturated heterocycles. The molecule has 2 heterocycles. The number of aromatic nitrogens is 2. The smallest absolute Gasteiger partial charge is 0.359 e. The Bertz CT molecular complexity index is 564. The van der Waals surface area contributed by atoms with Crippen LogP contribution in [0.5, 0.6) is 0 Å². The van der Waals surface area contributed by atoms with Gasteiger partial charge in [-0.25, -0.2) is 9.78 Å². The second kappa shape index (κ2) is 3.87. The van der Waals surface area contributed by atoms with Gasteiger partial charge in [0.05, 0.1) is 0 Å². The number of aryl methyl sites for hydroxylation is 1. The molecule has 0 aliphatic rings. The molecule has 0 fully saturated rings. The summed E-state index contributed by atoms with van der Waals surface area (Å²) in [6, 6.07) is 3.84. The summed E-state index contributed by atoms with van der Waals surface area (Å²) in [6.07, 6.45) is 3.62. The maximum absolute atomic E-state index is 11.8. The standard InChI is InChI=1S/C13H16N2O2/c1-9-5-6-11-14-10(8-15(11)7-9)12(16)17-13(2,3)4/h5-8H,1-4H3. The highest BCUT2D eigenvalue weighted by Gasteiger charge is 2.20. The van der Waals surface area contributed by atoms with E-state index in [9.17, 15) is 4.79 Å². The molecule has 0 bridgehead atoms. The fourth-order valence-corrected chi connectivity index (χ4v) is 1.53. The summed E-state index contributed by atoms with van der Waals surface area (Å²) in [7, 11) is 0. The molecule has 0 aliphatic heterocycles. The first kappa shape index (κ1) is 11.6. The summed E-state index contributed by atoms with van der Waals surface area (Å²) < 4.78 is 7.10. The van der Waals surface area contributed by atoms with E-state index in [0.717, 1.165) is 11.2 Å². The minimum atomic E-state index is -0.497. The van der Waals surface area contributed by atoms with Gasteiger partial charge in [-0.3, -0.25) is 0 Å². The van der Waals surface area contributed by atoms with Gasteiger partial charge in [-0.2, -0.15) is 0 Å². The molecule has 2 aromatic rings. The third kappa shape index (κ3) is 2.64. The predicted octanol–water partition coefficient (Wildman–Crippen LogP) is 2.60. The molecule has 0 radical (unpaired) electrons. The molecule has 4 nitrogen and oxygen atoms in total. The van der Waals surface area contributed by atoms with Gasteiger partial charge in [-0.1, -0.05) is 6.07 Å². The third-order valence-corrected chi connectivity index (χ3v) is 2.21. The fraction of sp³-hybridized carbons (Fsp3) is 0.385. The summed E-state index contributed by atoms with van der Waals surface area (Å²) in [4.78, 5) is 16.0. The van der Waals surface area contributed by atoms with E-state index in [2.05, 4.69) is 4.98 Å². The van der Waals surface area contributed by atoms with Crippen LogP contribution in [0.2, 0.25) is 0 Å². The Morgan fingerprint density at radius 3 is 2.65 bits per heavy atom. The highest BCUT2D eigenvalue weighted by molar-refractivity contribution is 5.88. The van der Waals surface area contributed by atoms with Crippen molar-refractivity contribution in [1.29, 1.82) is 0 Å². The molecule has 0 saturated carbocycles. The summed E-state index contributed by atoms with van der Waals surface area (Å²) in [5.74, 6) is -0.390. The minimum Gasteiger partial charge on any atom is -0.455 e. The molecule has 17 heavy (non-hydrogen) atoms. The van der Waals surface area contributed by atoms with E-state index in [-0.39, 0.29) is 5.97 Å². The molecule has 0 N–H and O–H groups in total. The number of carbonyl (C=O) groups excluding carboxylic acids is 1. The van der Waals surface area contributed by atoms with Crippen molar-refractivity contribution in [2.24, 2.45) is 0 Å². The molecule has 0 aliphatic carbocycles. The van der Waals surface area contributed by atoms with Gasteiger partial charge in [0.15, 0.2) is 5.69 Å². The molecule has 4 heteroatoms. The first-order chi connectivity index (χ1) is 7.85. The van der Waals surface area contributed by atoms with Crippen molar-refractivity contribution in [2.75, 3.05) is 0 Å². The average Bonchev–Trinajstić information content (AvgIpc) is 2.57. The van der Waals surface area contributed by atoms with Crippen molar-refractivity contribution in [1.82, 2.24) is 9.38 Å². The number of ether oxygens (including phenoxy) is 1. The Hall–Kier alpha value is -1.84. The van der Waals surface area contributed by atoms with Gasteiger partial charge in [0, 0.05) is 12.4 Å². The van der Waals surface area contributed by atoms with Crippen LogP contribution in [-0.4, -0.2) is 21.0 Å². The van der Waals surface area contributed by atoms with Crippen LogP contribution in [0, 0.1) is 6.92 Å². The van der Waals surface area contributed by atoms with Crippen molar-refractivity contribution >= 4 is 11.6 Å². The zero-order valence-corrected chi connectivity index (χ0v) is 10.5. The summed E-state index contributed by atoms with van der Waals surface area (Å²) in [6.45, 7) is 7.51. The van der Waals surface area contributed by atoms with E-state index in [4.69, 9.17) is 4.74 Å². The number of hydrogen-bond acceptors (Lipinski definition) is 3. The Labute approximate surface area is 100 Å². The van der Waals surface area contributed by atoms with Crippen molar-refractivity contribution in [2.45, 2.75) is 33.3 Å². The maximum atomic E-state index is 11.8. The lowest BCUT2D eigenvalue weighted by atomic mass is 10.2. The molecular formula is C13H16N2O2. The average molecular weight is 232 g/mol. The lowest BCUT2D eigenvalue weighted by Gasteiger charge is -2.18. The van der Waals surface area contributed by atoms with Crippen molar-refractivity contribution in [3.8, 4) is 0 Å². The highest BCUT2D eigenvalue weighted by atomic mass is 16.6. The van der Waals surface area contributed by atoms with Crippen LogP contribution in [0.4, 0.5) is 0 Å². The van der Waals surface area contributed by atoms with Crippen LogP contribution >= 0.6 is 0 Å². The van der Waals surface area contributed by atoms with Gasteiger partial charge in [-0.15, -0.1) is 0 Å². The second-order valence-electron chi connectivity index (χ2n) is 5.10. The van der Waals surface area contributed by atoms with Gasteiger partial charge in [0.2, 0.25) is 0 Å². The third-order valence-electron chi connectivity index (χ3n) is 2.21. The zero-order chi connectivity index (χ0) is 12.6. The highest BCUT2D eigenvalue weighted by Crippen LogP contribution is 2.13. The molecule has 2 aromatic heterocycles. The lowest BCUT2D eigenvalue weighted by molar-refractivity contribution is 0.00636. The van der Waals surface area contributed by atoms with E-state index in [1.165, 1.54) is 0 Å². The zero-order valence-electron chi connectivity index (χ0n) is 10.5. The van der Waals surface area contributed by atoms with Crippen LogP contribution in [0.1, 0.15) is 36.8 Å². The molecule has 90 valence electrons. The number of rotatable bonds is 1. The Kier molecular flexibility index (Phi) is 2.65. The fourth-order valence-electron chi connectivity index (χ4n) is 1.53. The largest absolute Gasteiger partial charge is 0.455 e. The molecule has 2 rings (SSSR count). The van der Waals surface area contributed by atoms with Crippen LogP contribution in [0.25, 0.3) is 5.65 Å². The first-order valence-corrected chi connectivity index (χ1v) is 5.54. The molecule has 0 aromatic carbocycles. The van der Waals surface area contributed by atoms with E-state index in [1.54, 1.807) is 6.20 Å². The normalized spacial score (nSPS) is 11.8. The van der Waals surface area contributed by atoms with Gasteiger partial charge >= 0.3 is 5.97 Å². The topological polar surface area (TPSA) is 43.6 Å². The van der Waals surface area contributed by atoms with E-state index in [0.29, 0.717) is 5.69 Å². The SMILES string of the molecule is Cc1ccc2nc(C(=O)OC(C)(C)C)cn2c1.